The van der Waals surface area contributed by atoms with Crippen LogP contribution in [-0.4, -0.2) is 30.9 Å². The van der Waals surface area contributed by atoms with Gasteiger partial charge in [0.15, 0.2) is 0 Å². The van der Waals surface area contributed by atoms with Crippen LogP contribution in [-0.2, 0) is 0 Å². The molecule has 0 amide bonds. The van der Waals surface area contributed by atoms with Gasteiger partial charge in [0.05, 0.1) is 25.0 Å². The van der Waals surface area contributed by atoms with Crippen molar-refractivity contribution in [3.05, 3.63) is 107 Å². The van der Waals surface area contributed by atoms with E-state index < -0.39 is 18.1 Å². The summed E-state index contributed by atoms with van der Waals surface area (Å²) in [4.78, 5) is 0. The van der Waals surface area contributed by atoms with Gasteiger partial charge in [-0.2, -0.15) is 0 Å². The van der Waals surface area contributed by atoms with Crippen molar-refractivity contribution in [1.29, 1.82) is 0 Å². The van der Waals surface area contributed by atoms with Crippen molar-refractivity contribution in [3.8, 4) is 5.75 Å². The van der Waals surface area contributed by atoms with E-state index in [0.717, 1.165) is 5.56 Å². The van der Waals surface area contributed by atoms with Crippen molar-refractivity contribution in [3.63, 3.8) is 0 Å². The lowest BCUT2D eigenvalue weighted by Gasteiger charge is -2.40. The number of likely N-dealkylation sites (N-methyl/N-ethyl adjacent to an activating group) is 1. The average Bonchev–Trinajstić information content (AvgIpc) is 2.88. The molecular formula is C26H28ClNO2. The second kappa shape index (κ2) is 10.4. The van der Waals surface area contributed by atoms with Gasteiger partial charge in [0, 0.05) is 5.57 Å². The maximum Gasteiger partial charge on any atom is 0.137 e. The molecule has 156 valence electrons. The van der Waals surface area contributed by atoms with Gasteiger partial charge >= 0.3 is 0 Å². The van der Waals surface area contributed by atoms with E-state index in [2.05, 4.69) is 0 Å². The predicted octanol–water partition coefficient (Wildman–Crippen LogP) is 6.58. The zero-order chi connectivity index (χ0) is 25.8. The van der Waals surface area contributed by atoms with Crippen LogP contribution in [0.2, 0.25) is 0 Å². The topological polar surface area (TPSA) is 32.3 Å². The third-order valence-electron chi connectivity index (χ3n) is 5.06. The highest BCUT2D eigenvalue weighted by Gasteiger charge is 2.14. The zero-order valence-electron chi connectivity index (χ0n) is 22.2. The first-order chi connectivity index (χ1) is 16.6. The third kappa shape index (κ3) is 5.51. The fourth-order valence-corrected chi connectivity index (χ4v) is 3.41. The SMILES string of the molecule is [2H]c1c([2H])c([2H])c(/C(Cl)=C(\c2ccccc2)c2ccc(OCC[N+]([O-])(CC)CC)cc2)c([2H])c1[2H]. The summed E-state index contributed by atoms with van der Waals surface area (Å²) in [6, 6.07) is 14.3. The molecular weight excluding hydrogens is 394 g/mol. The molecule has 0 saturated heterocycles. The molecule has 0 aliphatic rings. The van der Waals surface area contributed by atoms with Crippen LogP contribution in [0, 0.1) is 5.21 Å². The van der Waals surface area contributed by atoms with E-state index in [0.29, 0.717) is 36.5 Å². The Balaban J connectivity index is 2.04. The summed E-state index contributed by atoms with van der Waals surface area (Å²) in [5.41, 5.74) is 1.90. The lowest BCUT2D eigenvalue weighted by molar-refractivity contribution is -0.877. The number of hydrogen-bond acceptors (Lipinski definition) is 2. The smallest absolute Gasteiger partial charge is 0.137 e. The van der Waals surface area contributed by atoms with Gasteiger partial charge < -0.3 is 14.6 Å². The summed E-state index contributed by atoms with van der Waals surface area (Å²) >= 11 is 6.80. The first-order valence-corrected chi connectivity index (χ1v) is 10.3. The second-order valence-corrected chi connectivity index (χ2v) is 7.22. The van der Waals surface area contributed by atoms with Crippen LogP contribution in [0.25, 0.3) is 10.6 Å². The summed E-state index contributed by atoms with van der Waals surface area (Å²) in [6.07, 6.45) is 0. The van der Waals surface area contributed by atoms with Gasteiger partial charge in [-0.15, -0.1) is 0 Å². The van der Waals surface area contributed by atoms with Crippen molar-refractivity contribution in [2.75, 3.05) is 26.2 Å². The van der Waals surface area contributed by atoms with Crippen LogP contribution in [0.5, 0.6) is 5.75 Å². The molecule has 0 aromatic heterocycles. The number of hydroxylamine groups is 3. The van der Waals surface area contributed by atoms with Crippen molar-refractivity contribution in [1.82, 2.24) is 0 Å². The number of nitrogens with zero attached hydrogens (tertiary/aromatic N) is 1. The van der Waals surface area contributed by atoms with Crippen LogP contribution < -0.4 is 4.74 Å². The molecule has 0 heterocycles. The van der Waals surface area contributed by atoms with E-state index in [4.69, 9.17) is 23.2 Å². The molecule has 0 atom stereocenters. The number of halogens is 1. The van der Waals surface area contributed by atoms with Crippen LogP contribution in [0.15, 0.2) is 84.8 Å². The summed E-state index contributed by atoms with van der Waals surface area (Å²) in [7, 11) is 0. The van der Waals surface area contributed by atoms with E-state index in [1.54, 1.807) is 24.3 Å². The minimum Gasteiger partial charge on any atom is -0.633 e. The summed E-state index contributed by atoms with van der Waals surface area (Å²) in [5, 5.41) is 12.5. The predicted molar refractivity (Wildman–Crippen MR) is 126 cm³/mol. The molecule has 3 nitrogen and oxygen atoms in total. The standard InChI is InChI=1S/C26H28ClNO2/c1-3-28(29,4-2)19-20-30-24-17-15-22(16-18-24)25(21-11-7-5-8-12-21)26(27)23-13-9-6-10-14-23/h5-18H,3-4,19-20H2,1-2H3/b26-25-/i6D,9D,10D,13D,14D. The van der Waals surface area contributed by atoms with Gasteiger partial charge in [-0.25, -0.2) is 0 Å². The largest absolute Gasteiger partial charge is 0.633 e. The molecule has 0 aliphatic carbocycles. The Kier molecular flexibility index (Phi) is 5.62. The number of rotatable bonds is 9. The number of hydrogen-bond donors (Lipinski definition) is 0. The summed E-state index contributed by atoms with van der Waals surface area (Å²) < 4.78 is 46.0. The molecule has 0 spiro atoms. The minimum absolute atomic E-state index is 0.0551. The molecule has 3 aromatic rings. The Morgan fingerprint density at radius 1 is 0.900 bits per heavy atom. The van der Waals surface area contributed by atoms with Crippen LogP contribution in [0.1, 0.15) is 37.4 Å². The highest BCUT2D eigenvalue weighted by Crippen LogP contribution is 2.35. The van der Waals surface area contributed by atoms with Gasteiger partial charge in [0.25, 0.3) is 0 Å². The maximum absolute atomic E-state index is 12.4. The molecule has 3 aromatic carbocycles. The highest BCUT2D eigenvalue weighted by atomic mass is 35.5. The Morgan fingerprint density at radius 2 is 1.50 bits per heavy atom. The van der Waals surface area contributed by atoms with Crippen molar-refractivity contribution in [2.45, 2.75) is 13.8 Å². The summed E-state index contributed by atoms with van der Waals surface area (Å²) in [6.45, 7) is 5.34. The number of benzene rings is 3. The first kappa shape index (κ1) is 16.1. The molecule has 0 radical (unpaired) electrons. The van der Waals surface area contributed by atoms with Crippen LogP contribution in [0.3, 0.4) is 0 Å². The second-order valence-electron chi connectivity index (χ2n) is 6.84. The molecule has 4 heteroatoms. The Hall–Kier alpha value is -2.59. The van der Waals surface area contributed by atoms with Crippen LogP contribution in [0.4, 0.5) is 0 Å². The quantitative estimate of drug-likeness (QED) is 0.220. The molecule has 0 aliphatic heterocycles. The van der Waals surface area contributed by atoms with Gasteiger partial charge in [0.1, 0.15) is 18.9 Å². The Morgan fingerprint density at radius 3 is 2.10 bits per heavy atom. The lowest BCUT2D eigenvalue weighted by Crippen LogP contribution is -2.44. The molecule has 0 N–H and O–H groups in total. The third-order valence-corrected chi connectivity index (χ3v) is 5.44. The van der Waals surface area contributed by atoms with Crippen molar-refractivity contribution >= 4 is 22.2 Å². The molecule has 30 heavy (non-hydrogen) atoms. The fraction of sp³-hybridized carbons (Fsp3) is 0.231. The van der Waals surface area contributed by atoms with Gasteiger partial charge in [0.2, 0.25) is 0 Å². The Bertz CT molecular complexity index is 1180. The van der Waals surface area contributed by atoms with E-state index in [1.807, 2.05) is 44.2 Å². The number of ether oxygens (including phenoxy) is 1. The summed E-state index contributed by atoms with van der Waals surface area (Å²) in [5.74, 6) is 0.596. The van der Waals surface area contributed by atoms with Crippen LogP contribution >= 0.6 is 11.6 Å². The van der Waals surface area contributed by atoms with Gasteiger partial charge in [-0.05, 0) is 42.7 Å². The Labute approximate surface area is 191 Å². The lowest BCUT2D eigenvalue weighted by atomic mass is 9.95. The van der Waals surface area contributed by atoms with Crippen molar-refractivity contribution < 1.29 is 16.2 Å². The zero-order valence-corrected chi connectivity index (χ0v) is 17.9. The van der Waals surface area contributed by atoms with Gasteiger partial charge in [-0.1, -0.05) is 84.3 Å². The van der Waals surface area contributed by atoms with E-state index >= 15 is 0 Å². The molecule has 0 saturated carbocycles. The fourth-order valence-electron chi connectivity index (χ4n) is 3.10. The molecule has 0 fully saturated rings. The van der Waals surface area contributed by atoms with E-state index in [1.165, 1.54) is 0 Å². The highest BCUT2D eigenvalue weighted by molar-refractivity contribution is 6.53. The van der Waals surface area contributed by atoms with E-state index in [9.17, 15) is 5.21 Å². The normalized spacial score (nSPS) is 14.7. The maximum atomic E-state index is 12.4. The van der Waals surface area contributed by atoms with E-state index in [-0.39, 0.29) is 33.9 Å². The average molecular weight is 427 g/mol. The first-order valence-electron chi connectivity index (χ1n) is 12.5. The minimum atomic E-state index is -0.470. The molecule has 0 unspecified atom stereocenters. The molecule has 3 rings (SSSR count). The van der Waals surface area contributed by atoms with Gasteiger partial charge in [-0.3, -0.25) is 0 Å². The monoisotopic (exact) mass is 426 g/mol. The molecule has 0 bridgehead atoms. The van der Waals surface area contributed by atoms with Crippen molar-refractivity contribution in [2.24, 2.45) is 0 Å². The number of quaternary nitrogens is 1.